The van der Waals surface area contributed by atoms with Crippen LogP contribution in [-0.2, 0) is 4.74 Å². The molecule has 6 heteroatoms. The summed E-state index contributed by atoms with van der Waals surface area (Å²) in [5.41, 5.74) is 5.42. The molecule has 78 valence electrons. The van der Waals surface area contributed by atoms with E-state index in [1.54, 1.807) is 0 Å². The van der Waals surface area contributed by atoms with Crippen LogP contribution >= 0.6 is 11.5 Å². The monoisotopic (exact) mass is 214 g/mol. The zero-order valence-electron chi connectivity index (χ0n) is 8.06. The molecule has 5 nitrogen and oxygen atoms in total. The van der Waals surface area contributed by atoms with E-state index >= 15 is 0 Å². The lowest BCUT2D eigenvalue weighted by Crippen LogP contribution is -2.29. The summed E-state index contributed by atoms with van der Waals surface area (Å²) >= 11 is 1.28. The van der Waals surface area contributed by atoms with Gasteiger partial charge in [-0.1, -0.05) is 0 Å². The highest BCUT2D eigenvalue weighted by atomic mass is 32.1. The largest absolute Gasteiger partial charge is 0.376 e. The third-order valence-corrected chi connectivity index (χ3v) is 2.98. The van der Waals surface area contributed by atoms with Crippen LogP contribution in [0.3, 0.4) is 0 Å². The molecule has 3 N–H and O–H groups in total. The van der Waals surface area contributed by atoms with Crippen LogP contribution in [0.4, 0.5) is 11.1 Å². The average Bonchev–Trinajstić information content (AvgIpc) is 2.75. The lowest BCUT2D eigenvalue weighted by atomic mass is 10.1. The molecule has 0 bridgehead atoms. The van der Waals surface area contributed by atoms with Gasteiger partial charge in [-0.15, -0.1) is 0 Å². The molecule has 0 saturated carbocycles. The zero-order valence-corrected chi connectivity index (χ0v) is 8.88. The van der Waals surface area contributed by atoms with Gasteiger partial charge in [0.2, 0.25) is 11.1 Å². The second-order valence-corrected chi connectivity index (χ2v) is 4.19. The Balaban J connectivity index is 1.90. The number of nitrogen functional groups attached to an aromatic ring is 1. The van der Waals surface area contributed by atoms with Gasteiger partial charge in [-0.05, 0) is 19.8 Å². The number of rotatable bonds is 3. The molecule has 1 aliphatic rings. The number of hydrogen-bond acceptors (Lipinski definition) is 6. The van der Waals surface area contributed by atoms with Crippen LogP contribution in [0, 0.1) is 0 Å². The van der Waals surface area contributed by atoms with E-state index in [1.807, 2.05) is 0 Å². The van der Waals surface area contributed by atoms with Crippen LogP contribution in [0.25, 0.3) is 0 Å². The van der Waals surface area contributed by atoms with E-state index in [0.29, 0.717) is 12.1 Å². The SMILES string of the molecule is CC(Nc1nc(N)ns1)C1CCCO1. The Labute approximate surface area is 86.8 Å². The molecule has 14 heavy (non-hydrogen) atoms. The van der Waals surface area contributed by atoms with E-state index in [4.69, 9.17) is 10.5 Å². The summed E-state index contributed by atoms with van der Waals surface area (Å²) in [5, 5.41) is 4.01. The maximum Gasteiger partial charge on any atom is 0.233 e. The molecule has 1 fully saturated rings. The molecule has 1 aromatic heterocycles. The molecule has 0 aliphatic carbocycles. The van der Waals surface area contributed by atoms with E-state index in [9.17, 15) is 0 Å². The summed E-state index contributed by atoms with van der Waals surface area (Å²) in [7, 11) is 0. The Kier molecular flexibility index (Phi) is 2.83. The van der Waals surface area contributed by atoms with Crippen molar-refractivity contribution in [1.29, 1.82) is 0 Å². The third kappa shape index (κ3) is 2.13. The smallest absolute Gasteiger partial charge is 0.233 e. The minimum atomic E-state index is 0.268. The summed E-state index contributed by atoms with van der Waals surface area (Å²) in [4.78, 5) is 4.04. The minimum absolute atomic E-state index is 0.268. The van der Waals surface area contributed by atoms with Crippen molar-refractivity contribution in [3.8, 4) is 0 Å². The van der Waals surface area contributed by atoms with Crippen molar-refractivity contribution in [3.05, 3.63) is 0 Å². The lowest BCUT2D eigenvalue weighted by molar-refractivity contribution is 0.0996. The normalized spacial score (nSPS) is 23.6. The molecule has 1 aromatic rings. The van der Waals surface area contributed by atoms with Crippen LogP contribution < -0.4 is 11.1 Å². The first-order valence-corrected chi connectivity index (χ1v) is 5.50. The first-order chi connectivity index (χ1) is 6.75. The fraction of sp³-hybridized carbons (Fsp3) is 0.750. The fourth-order valence-corrected chi connectivity index (χ4v) is 2.17. The fourth-order valence-electron chi connectivity index (χ4n) is 1.58. The summed E-state index contributed by atoms with van der Waals surface area (Å²) in [6.45, 7) is 2.96. The van der Waals surface area contributed by atoms with Gasteiger partial charge in [-0.2, -0.15) is 9.36 Å². The Morgan fingerprint density at radius 2 is 2.57 bits per heavy atom. The van der Waals surface area contributed by atoms with E-state index in [2.05, 4.69) is 21.6 Å². The molecule has 2 rings (SSSR count). The van der Waals surface area contributed by atoms with Crippen molar-refractivity contribution in [1.82, 2.24) is 9.36 Å². The van der Waals surface area contributed by atoms with Gasteiger partial charge in [0.1, 0.15) is 0 Å². The van der Waals surface area contributed by atoms with Crippen molar-refractivity contribution in [2.24, 2.45) is 0 Å². The van der Waals surface area contributed by atoms with Crippen molar-refractivity contribution in [2.75, 3.05) is 17.7 Å². The molecule has 2 atom stereocenters. The highest BCUT2D eigenvalue weighted by Crippen LogP contribution is 2.20. The van der Waals surface area contributed by atoms with Crippen molar-refractivity contribution in [3.63, 3.8) is 0 Å². The number of anilines is 2. The summed E-state index contributed by atoms with van der Waals surface area (Å²) in [6, 6.07) is 0.268. The highest BCUT2D eigenvalue weighted by molar-refractivity contribution is 7.09. The van der Waals surface area contributed by atoms with Gasteiger partial charge >= 0.3 is 0 Å². The topological polar surface area (TPSA) is 73.1 Å². The van der Waals surface area contributed by atoms with E-state index in [0.717, 1.165) is 24.6 Å². The van der Waals surface area contributed by atoms with Crippen molar-refractivity contribution in [2.45, 2.75) is 31.9 Å². The van der Waals surface area contributed by atoms with Crippen LogP contribution in [0.2, 0.25) is 0 Å². The zero-order chi connectivity index (χ0) is 9.97. The molecule has 0 radical (unpaired) electrons. The van der Waals surface area contributed by atoms with Gasteiger partial charge in [-0.3, -0.25) is 0 Å². The maximum absolute atomic E-state index is 5.56. The van der Waals surface area contributed by atoms with E-state index in [1.165, 1.54) is 11.5 Å². The van der Waals surface area contributed by atoms with E-state index in [-0.39, 0.29) is 6.04 Å². The van der Waals surface area contributed by atoms with Crippen LogP contribution in [0.15, 0.2) is 0 Å². The van der Waals surface area contributed by atoms with Gasteiger partial charge < -0.3 is 15.8 Å². The molecule has 0 aromatic carbocycles. The number of nitrogens with zero attached hydrogens (tertiary/aromatic N) is 2. The summed E-state index contributed by atoms with van der Waals surface area (Å²) < 4.78 is 9.46. The first-order valence-electron chi connectivity index (χ1n) is 4.73. The molecule has 0 amide bonds. The molecule has 2 unspecified atom stereocenters. The number of aromatic nitrogens is 2. The predicted octanol–water partition coefficient (Wildman–Crippen LogP) is 1.10. The summed E-state index contributed by atoms with van der Waals surface area (Å²) in [6.07, 6.45) is 2.55. The second kappa shape index (κ2) is 4.10. The maximum atomic E-state index is 5.56. The Morgan fingerprint density at radius 3 is 3.14 bits per heavy atom. The number of nitrogens with two attached hydrogens (primary N) is 1. The first kappa shape index (κ1) is 9.67. The minimum Gasteiger partial charge on any atom is -0.376 e. The number of hydrogen-bond donors (Lipinski definition) is 2. The van der Waals surface area contributed by atoms with Gasteiger partial charge in [0.25, 0.3) is 0 Å². The molecule has 0 spiro atoms. The molecule has 1 saturated heterocycles. The van der Waals surface area contributed by atoms with Gasteiger partial charge in [0.15, 0.2) is 0 Å². The van der Waals surface area contributed by atoms with E-state index < -0.39 is 0 Å². The molecular weight excluding hydrogens is 200 g/mol. The van der Waals surface area contributed by atoms with Crippen LogP contribution in [0.5, 0.6) is 0 Å². The van der Waals surface area contributed by atoms with Gasteiger partial charge in [0, 0.05) is 18.1 Å². The quantitative estimate of drug-likeness (QED) is 0.788. The lowest BCUT2D eigenvalue weighted by Gasteiger charge is -2.18. The Morgan fingerprint density at radius 1 is 1.71 bits per heavy atom. The van der Waals surface area contributed by atoms with Gasteiger partial charge in [-0.25, -0.2) is 0 Å². The van der Waals surface area contributed by atoms with Crippen molar-refractivity contribution >= 4 is 22.6 Å². The predicted molar refractivity (Wildman–Crippen MR) is 56.4 cm³/mol. The second-order valence-electron chi connectivity index (χ2n) is 3.44. The van der Waals surface area contributed by atoms with Crippen LogP contribution in [0.1, 0.15) is 19.8 Å². The number of ether oxygens (including phenoxy) is 1. The standard InChI is InChI=1S/C8H14N4OS/c1-5(6-3-2-4-13-6)10-8-11-7(9)12-14-8/h5-6H,2-4H2,1H3,(H3,9,10,11,12). The number of nitrogens with one attached hydrogen (secondary N) is 1. The Hall–Kier alpha value is -0.880. The molecular formula is C8H14N4OS. The Bertz CT molecular complexity index is 297. The van der Waals surface area contributed by atoms with Crippen LogP contribution in [-0.4, -0.2) is 28.1 Å². The third-order valence-electron chi connectivity index (χ3n) is 2.32. The molecule has 2 heterocycles. The highest BCUT2D eigenvalue weighted by Gasteiger charge is 2.22. The summed E-state index contributed by atoms with van der Waals surface area (Å²) in [5.74, 6) is 0.331. The van der Waals surface area contributed by atoms with Gasteiger partial charge in [0.05, 0.1) is 12.1 Å². The van der Waals surface area contributed by atoms with Crippen molar-refractivity contribution < 1.29 is 4.74 Å². The molecule has 1 aliphatic heterocycles. The average molecular weight is 214 g/mol.